The summed E-state index contributed by atoms with van der Waals surface area (Å²) in [5.41, 5.74) is 3.99. The molecule has 0 atom stereocenters. The van der Waals surface area contributed by atoms with E-state index in [-0.39, 0.29) is 5.91 Å². The van der Waals surface area contributed by atoms with Gasteiger partial charge in [-0.2, -0.15) is 5.26 Å². The average molecular weight is 478 g/mol. The number of amides is 1. The summed E-state index contributed by atoms with van der Waals surface area (Å²) in [5, 5.41) is 9.64. The third kappa shape index (κ3) is 4.60. The molecule has 34 heavy (non-hydrogen) atoms. The molecule has 3 saturated heterocycles. The van der Waals surface area contributed by atoms with Crippen LogP contribution in [0.1, 0.15) is 35.2 Å². The molecule has 1 amide bonds. The fourth-order valence-corrected chi connectivity index (χ4v) is 5.82. The van der Waals surface area contributed by atoms with E-state index in [4.69, 9.17) is 16.9 Å². The van der Waals surface area contributed by atoms with Crippen LogP contribution in [0.25, 0.3) is 0 Å². The number of anilines is 2. The standard InChI is InChI=1S/C27H32ClN5O/c1-30-14-16-32(17-15-30)26(34)21-2-5-23(6-3-21)33-13-10-27(20-33)8-11-31(12-9-27)24-7-4-22(19-29)25(28)18-24/h2-7,18H,8-17,20H2,1H3. The van der Waals surface area contributed by atoms with Gasteiger partial charge in [0.2, 0.25) is 0 Å². The van der Waals surface area contributed by atoms with E-state index in [0.717, 1.165) is 76.5 Å². The highest BCUT2D eigenvalue weighted by atomic mass is 35.5. The van der Waals surface area contributed by atoms with E-state index >= 15 is 0 Å². The van der Waals surface area contributed by atoms with Gasteiger partial charge in [0.1, 0.15) is 6.07 Å². The maximum absolute atomic E-state index is 12.9. The molecule has 5 rings (SSSR count). The molecule has 1 spiro atoms. The van der Waals surface area contributed by atoms with Gasteiger partial charge in [-0.25, -0.2) is 0 Å². The van der Waals surface area contributed by atoms with Crippen molar-refractivity contribution >= 4 is 28.9 Å². The lowest BCUT2D eigenvalue weighted by Gasteiger charge is -2.40. The van der Waals surface area contributed by atoms with Crippen LogP contribution >= 0.6 is 11.6 Å². The van der Waals surface area contributed by atoms with Gasteiger partial charge >= 0.3 is 0 Å². The van der Waals surface area contributed by atoms with Crippen molar-refractivity contribution in [2.45, 2.75) is 19.3 Å². The summed E-state index contributed by atoms with van der Waals surface area (Å²) in [6.45, 7) is 7.64. The summed E-state index contributed by atoms with van der Waals surface area (Å²) < 4.78 is 0. The summed E-state index contributed by atoms with van der Waals surface area (Å²) in [7, 11) is 2.10. The molecule has 7 heteroatoms. The number of hydrogen-bond donors (Lipinski definition) is 0. The number of nitrogens with zero attached hydrogens (tertiary/aromatic N) is 5. The minimum atomic E-state index is 0.146. The highest BCUT2D eigenvalue weighted by Crippen LogP contribution is 2.43. The molecule has 0 radical (unpaired) electrons. The van der Waals surface area contributed by atoms with Crippen LogP contribution in [-0.4, -0.2) is 75.1 Å². The molecule has 3 heterocycles. The molecule has 0 bridgehead atoms. The zero-order valence-electron chi connectivity index (χ0n) is 19.8. The van der Waals surface area contributed by atoms with Crippen LogP contribution in [0.5, 0.6) is 0 Å². The molecule has 3 aliphatic heterocycles. The number of carbonyl (C=O) groups excluding carboxylic acids is 1. The van der Waals surface area contributed by atoms with Crippen molar-refractivity contribution in [3.8, 4) is 6.07 Å². The van der Waals surface area contributed by atoms with E-state index in [1.165, 1.54) is 12.1 Å². The van der Waals surface area contributed by atoms with E-state index in [2.05, 4.69) is 39.9 Å². The molecule has 0 saturated carbocycles. The van der Waals surface area contributed by atoms with Gasteiger partial charge in [-0.3, -0.25) is 4.79 Å². The second kappa shape index (κ2) is 9.48. The zero-order valence-corrected chi connectivity index (χ0v) is 20.6. The number of piperidine rings is 1. The molecule has 0 unspecified atom stereocenters. The Morgan fingerprint density at radius 1 is 0.882 bits per heavy atom. The highest BCUT2D eigenvalue weighted by Gasteiger charge is 2.40. The van der Waals surface area contributed by atoms with Crippen molar-refractivity contribution in [2.24, 2.45) is 5.41 Å². The van der Waals surface area contributed by atoms with Crippen LogP contribution in [0.15, 0.2) is 42.5 Å². The molecule has 0 aliphatic carbocycles. The van der Waals surface area contributed by atoms with Gasteiger partial charge in [-0.15, -0.1) is 0 Å². The summed E-state index contributed by atoms with van der Waals surface area (Å²) in [4.78, 5) is 22.0. The third-order valence-corrected chi connectivity index (χ3v) is 8.28. The van der Waals surface area contributed by atoms with Gasteiger partial charge in [0.15, 0.2) is 0 Å². The Balaban J connectivity index is 1.18. The summed E-state index contributed by atoms with van der Waals surface area (Å²) in [5.74, 6) is 0.146. The fraction of sp³-hybridized carbons (Fsp3) is 0.481. The molecule has 2 aromatic rings. The van der Waals surface area contributed by atoms with Gasteiger partial charge in [-0.1, -0.05) is 11.6 Å². The van der Waals surface area contributed by atoms with Crippen LogP contribution in [0.2, 0.25) is 5.02 Å². The Morgan fingerprint density at radius 3 is 2.12 bits per heavy atom. The smallest absolute Gasteiger partial charge is 0.253 e. The normalized spacial score (nSPS) is 20.6. The molecular formula is C27H32ClN5O. The predicted molar refractivity (Wildman–Crippen MR) is 137 cm³/mol. The third-order valence-electron chi connectivity index (χ3n) is 7.97. The topological polar surface area (TPSA) is 53.8 Å². The molecule has 3 aliphatic rings. The summed E-state index contributed by atoms with van der Waals surface area (Å²) >= 11 is 6.26. The molecule has 0 aromatic heterocycles. The lowest BCUT2D eigenvalue weighted by Crippen LogP contribution is -2.47. The Morgan fingerprint density at radius 2 is 1.50 bits per heavy atom. The van der Waals surface area contributed by atoms with Crippen LogP contribution < -0.4 is 9.80 Å². The number of benzene rings is 2. The van der Waals surface area contributed by atoms with Crippen molar-refractivity contribution in [2.75, 3.05) is 69.2 Å². The Bertz CT molecular complexity index is 1080. The van der Waals surface area contributed by atoms with E-state index < -0.39 is 0 Å². The first kappa shape index (κ1) is 23.0. The van der Waals surface area contributed by atoms with Gasteiger partial charge in [0.25, 0.3) is 5.91 Å². The zero-order chi connectivity index (χ0) is 23.7. The Hall–Kier alpha value is -2.75. The SMILES string of the molecule is CN1CCN(C(=O)c2ccc(N3CCC4(CCN(c5ccc(C#N)c(Cl)c5)CC4)C3)cc2)CC1. The van der Waals surface area contributed by atoms with E-state index in [1.807, 2.05) is 35.2 Å². The minimum absolute atomic E-state index is 0.146. The fourth-order valence-electron chi connectivity index (χ4n) is 5.60. The van der Waals surface area contributed by atoms with Crippen molar-refractivity contribution in [3.63, 3.8) is 0 Å². The van der Waals surface area contributed by atoms with E-state index in [0.29, 0.717) is 16.0 Å². The number of rotatable bonds is 3. The average Bonchev–Trinajstić information content (AvgIpc) is 3.28. The highest BCUT2D eigenvalue weighted by molar-refractivity contribution is 6.32. The lowest BCUT2D eigenvalue weighted by molar-refractivity contribution is 0.0664. The number of likely N-dealkylation sites (N-methyl/N-ethyl adjacent to an activating group) is 1. The number of nitriles is 1. The maximum atomic E-state index is 12.9. The second-order valence-corrected chi connectivity index (χ2v) is 10.5. The number of halogens is 1. The van der Waals surface area contributed by atoms with Gasteiger partial charge in [0, 0.05) is 69.3 Å². The molecule has 3 fully saturated rings. The first-order valence-electron chi connectivity index (χ1n) is 12.2. The summed E-state index contributed by atoms with van der Waals surface area (Å²) in [6, 6.07) is 16.1. The first-order valence-corrected chi connectivity index (χ1v) is 12.6. The minimum Gasteiger partial charge on any atom is -0.371 e. The molecule has 6 nitrogen and oxygen atoms in total. The Labute approximate surface area is 207 Å². The first-order chi connectivity index (χ1) is 16.5. The second-order valence-electron chi connectivity index (χ2n) is 10.1. The van der Waals surface area contributed by atoms with Crippen LogP contribution in [0, 0.1) is 16.7 Å². The molecule has 0 N–H and O–H groups in total. The largest absolute Gasteiger partial charge is 0.371 e. The van der Waals surface area contributed by atoms with Gasteiger partial charge in [0.05, 0.1) is 10.6 Å². The van der Waals surface area contributed by atoms with Crippen LogP contribution in [-0.2, 0) is 0 Å². The van der Waals surface area contributed by atoms with Crippen molar-refractivity contribution in [1.82, 2.24) is 9.80 Å². The molecule has 178 valence electrons. The van der Waals surface area contributed by atoms with Crippen LogP contribution in [0.3, 0.4) is 0 Å². The lowest BCUT2D eigenvalue weighted by atomic mass is 9.77. The van der Waals surface area contributed by atoms with Crippen molar-refractivity contribution in [3.05, 3.63) is 58.6 Å². The van der Waals surface area contributed by atoms with E-state index in [1.54, 1.807) is 0 Å². The van der Waals surface area contributed by atoms with E-state index in [9.17, 15) is 4.79 Å². The summed E-state index contributed by atoms with van der Waals surface area (Å²) in [6.07, 6.45) is 3.51. The predicted octanol–water partition coefficient (Wildman–Crippen LogP) is 4.10. The number of hydrogen-bond acceptors (Lipinski definition) is 5. The molecule has 2 aromatic carbocycles. The van der Waals surface area contributed by atoms with Crippen LogP contribution in [0.4, 0.5) is 11.4 Å². The quantitative estimate of drug-likeness (QED) is 0.666. The van der Waals surface area contributed by atoms with Gasteiger partial charge < -0.3 is 19.6 Å². The number of piperazine rings is 1. The van der Waals surface area contributed by atoms with Crippen molar-refractivity contribution in [1.29, 1.82) is 5.26 Å². The van der Waals surface area contributed by atoms with Crippen molar-refractivity contribution < 1.29 is 4.79 Å². The van der Waals surface area contributed by atoms with Gasteiger partial charge in [-0.05, 0) is 74.2 Å². The maximum Gasteiger partial charge on any atom is 0.253 e. The molecular weight excluding hydrogens is 446 g/mol. The number of carbonyl (C=O) groups is 1. The Kier molecular flexibility index (Phi) is 6.42. The monoisotopic (exact) mass is 477 g/mol.